The highest BCUT2D eigenvalue weighted by Crippen LogP contribution is 2.36. The fraction of sp³-hybridized carbons (Fsp3) is 0. The standard InChI is InChI=1S/C30H20ClN/c31-28-17-16-22(19-27(28)20-8-2-1-3-9-20)21-10-6-11-23(18-21)24-13-7-14-26-25-12-4-5-15-29(25)32-30(24)26/h1-19,32H. The summed E-state index contributed by atoms with van der Waals surface area (Å²) in [6.45, 7) is 0. The molecule has 0 fully saturated rings. The van der Waals surface area contributed by atoms with Crippen LogP contribution in [0.1, 0.15) is 0 Å². The third-order valence-electron chi connectivity index (χ3n) is 6.10. The fourth-order valence-corrected chi connectivity index (χ4v) is 4.75. The summed E-state index contributed by atoms with van der Waals surface area (Å²) in [4.78, 5) is 3.62. The first-order valence-electron chi connectivity index (χ1n) is 10.7. The van der Waals surface area contributed by atoms with Gasteiger partial charge >= 0.3 is 0 Å². The molecule has 2 heteroatoms. The predicted molar refractivity (Wildman–Crippen MR) is 137 cm³/mol. The molecule has 0 spiro atoms. The number of para-hydroxylation sites is 2. The third-order valence-corrected chi connectivity index (χ3v) is 6.43. The molecule has 6 aromatic rings. The summed E-state index contributed by atoms with van der Waals surface area (Å²) in [5.74, 6) is 0. The first-order valence-corrected chi connectivity index (χ1v) is 11.1. The maximum absolute atomic E-state index is 6.55. The van der Waals surface area contributed by atoms with Crippen LogP contribution in [0.15, 0.2) is 115 Å². The molecule has 0 radical (unpaired) electrons. The molecule has 0 amide bonds. The van der Waals surface area contributed by atoms with E-state index < -0.39 is 0 Å². The average Bonchev–Trinajstić information content (AvgIpc) is 3.24. The van der Waals surface area contributed by atoms with E-state index >= 15 is 0 Å². The van der Waals surface area contributed by atoms with Crippen molar-refractivity contribution < 1.29 is 0 Å². The molecule has 1 nitrogen and oxygen atoms in total. The number of aromatic nitrogens is 1. The monoisotopic (exact) mass is 429 g/mol. The summed E-state index contributed by atoms with van der Waals surface area (Å²) in [7, 11) is 0. The summed E-state index contributed by atoms with van der Waals surface area (Å²) in [5.41, 5.74) is 9.23. The van der Waals surface area contributed by atoms with Crippen LogP contribution in [0.5, 0.6) is 0 Å². The number of fused-ring (bicyclic) bond motifs is 3. The highest BCUT2D eigenvalue weighted by atomic mass is 35.5. The average molecular weight is 430 g/mol. The Kier molecular flexibility index (Phi) is 4.56. The molecular formula is C30H20ClN. The van der Waals surface area contributed by atoms with Crippen molar-refractivity contribution in [2.24, 2.45) is 0 Å². The topological polar surface area (TPSA) is 15.8 Å². The Balaban J connectivity index is 1.49. The Labute approximate surface area is 191 Å². The molecule has 0 aliphatic rings. The van der Waals surface area contributed by atoms with Crippen molar-refractivity contribution >= 4 is 33.4 Å². The highest BCUT2D eigenvalue weighted by Gasteiger charge is 2.11. The van der Waals surface area contributed by atoms with Crippen molar-refractivity contribution in [3.05, 3.63) is 120 Å². The van der Waals surface area contributed by atoms with E-state index in [9.17, 15) is 0 Å². The van der Waals surface area contributed by atoms with Gasteiger partial charge in [-0.3, -0.25) is 0 Å². The SMILES string of the molecule is Clc1ccc(-c2cccc(-c3cccc4c3[nH]c3ccccc34)c2)cc1-c1ccccc1. The van der Waals surface area contributed by atoms with E-state index in [-0.39, 0.29) is 0 Å². The maximum atomic E-state index is 6.55. The van der Waals surface area contributed by atoms with Gasteiger partial charge in [0.05, 0.1) is 5.52 Å². The minimum Gasteiger partial charge on any atom is -0.354 e. The van der Waals surface area contributed by atoms with Crippen molar-refractivity contribution in [3.63, 3.8) is 0 Å². The van der Waals surface area contributed by atoms with Crippen LogP contribution in [0.25, 0.3) is 55.2 Å². The summed E-state index contributed by atoms with van der Waals surface area (Å²) < 4.78 is 0. The fourth-order valence-electron chi connectivity index (χ4n) is 4.52. The molecule has 0 bridgehead atoms. The molecule has 0 saturated carbocycles. The molecule has 0 aliphatic heterocycles. The van der Waals surface area contributed by atoms with Gasteiger partial charge in [0.1, 0.15) is 0 Å². The van der Waals surface area contributed by atoms with E-state index in [1.807, 2.05) is 24.3 Å². The van der Waals surface area contributed by atoms with Gasteiger partial charge in [0.2, 0.25) is 0 Å². The van der Waals surface area contributed by atoms with Gasteiger partial charge in [-0.2, -0.15) is 0 Å². The first kappa shape index (κ1) is 18.9. The number of aromatic amines is 1. The molecule has 1 heterocycles. The minimum absolute atomic E-state index is 0.763. The second-order valence-corrected chi connectivity index (χ2v) is 8.45. The molecule has 0 saturated heterocycles. The van der Waals surface area contributed by atoms with E-state index in [4.69, 9.17) is 11.6 Å². The lowest BCUT2D eigenvalue weighted by Crippen LogP contribution is -1.85. The molecule has 152 valence electrons. The third kappa shape index (κ3) is 3.19. The summed E-state index contributed by atoms with van der Waals surface area (Å²) in [6.07, 6.45) is 0. The number of hydrogen-bond acceptors (Lipinski definition) is 0. The van der Waals surface area contributed by atoms with Gasteiger partial charge in [-0.1, -0.05) is 103 Å². The van der Waals surface area contributed by atoms with Crippen molar-refractivity contribution in [2.45, 2.75) is 0 Å². The van der Waals surface area contributed by atoms with Crippen LogP contribution in [0.3, 0.4) is 0 Å². The van der Waals surface area contributed by atoms with E-state index in [0.717, 1.165) is 27.2 Å². The lowest BCUT2D eigenvalue weighted by atomic mass is 9.95. The number of nitrogens with one attached hydrogen (secondary N) is 1. The van der Waals surface area contributed by atoms with Crippen LogP contribution in [-0.4, -0.2) is 4.98 Å². The van der Waals surface area contributed by atoms with Gasteiger partial charge in [-0.25, -0.2) is 0 Å². The van der Waals surface area contributed by atoms with Gasteiger partial charge in [0, 0.05) is 32.4 Å². The van der Waals surface area contributed by atoms with Crippen LogP contribution in [-0.2, 0) is 0 Å². The molecule has 5 aromatic carbocycles. The van der Waals surface area contributed by atoms with Crippen molar-refractivity contribution in [2.75, 3.05) is 0 Å². The zero-order valence-electron chi connectivity index (χ0n) is 17.3. The van der Waals surface area contributed by atoms with Gasteiger partial charge in [0.15, 0.2) is 0 Å². The van der Waals surface area contributed by atoms with Crippen molar-refractivity contribution in [1.29, 1.82) is 0 Å². The first-order chi connectivity index (χ1) is 15.8. The zero-order valence-corrected chi connectivity index (χ0v) is 18.1. The van der Waals surface area contributed by atoms with Crippen LogP contribution in [0, 0.1) is 0 Å². The van der Waals surface area contributed by atoms with E-state index in [1.54, 1.807) is 0 Å². The number of H-pyrrole nitrogens is 1. The number of rotatable bonds is 3. The number of benzene rings is 5. The van der Waals surface area contributed by atoms with Gasteiger partial charge in [-0.05, 0) is 46.5 Å². The largest absolute Gasteiger partial charge is 0.354 e. The second-order valence-electron chi connectivity index (χ2n) is 8.04. The van der Waals surface area contributed by atoms with Gasteiger partial charge in [-0.15, -0.1) is 0 Å². The molecule has 0 unspecified atom stereocenters. The zero-order chi connectivity index (χ0) is 21.5. The lowest BCUT2D eigenvalue weighted by molar-refractivity contribution is 1.53. The molecule has 6 rings (SSSR count). The molecule has 32 heavy (non-hydrogen) atoms. The Hall–Kier alpha value is -3.81. The lowest BCUT2D eigenvalue weighted by Gasteiger charge is -2.10. The Morgan fingerprint density at radius 1 is 0.469 bits per heavy atom. The van der Waals surface area contributed by atoms with Crippen LogP contribution in [0.2, 0.25) is 5.02 Å². The Morgan fingerprint density at radius 2 is 1.16 bits per heavy atom. The molecule has 0 aliphatic carbocycles. The van der Waals surface area contributed by atoms with Crippen molar-refractivity contribution in [1.82, 2.24) is 4.98 Å². The Bertz CT molecular complexity index is 1580. The molecular weight excluding hydrogens is 410 g/mol. The summed E-state index contributed by atoms with van der Waals surface area (Å²) in [6, 6.07) is 40.3. The maximum Gasteiger partial charge on any atom is 0.0544 e. The summed E-state index contributed by atoms with van der Waals surface area (Å²) in [5, 5.41) is 3.27. The van der Waals surface area contributed by atoms with Crippen molar-refractivity contribution in [3.8, 4) is 33.4 Å². The van der Waals surface area contributed by atoms with Crippen LogP contribution < -0.4 is 0 Å². The van der Waals surface area contributed by atoms with Gasteiger partial charge < -0.3 is 4.98 Å². The number of halogens is 1. The minimum atomic E-state index is 0.763. The van der Waals surface area contributed by atoms with E-state index in [1.165, 1.54) is 33.0 Å². The van der Waals surface area contributed by atoms with E-state index in [0.29, 0.717) is 0 Å². The normalized spacial score (nSPS) is 11.3. The predicted octanol–water partition coefficient (Wildman–Crippen LogP) is 8.98. The smallest absolute Gasteiger partial charge is 0.0544 e. The summed E-state index contributed by atoms with van der Waals surface area (Å²) >= 11 is 6.55. The highest BCUT2D eigenvalue weighted by molar-refractivity contribution is 6.33. The molecule has 0 atom stereocenters. The van der Waals surface area contributed by atoms with Crippen LogP contribution in [0.4, 0.5) is 0 Å². The second kappa shape index (κ2) is 7.71. The number of hydrogen-bond donors (Lipinski definition) is 1. The Morgan fingerprint density at radius 3 is 2.06 bits per heavy atom. The van der Waals surface area contributed by atoms with E-state index in [2.05, 4.69) is 96.0 Å². The van der Waals surface area contributed by atoms with Crippen LogP contribution >= 0.6 is 11.6 Å². The molecule has 1 aromatic heterocycles. The van der Waals surface area contributed by atoms with Gasteiger partial charge in [0.25, 0.3) is 0 Å². The quantitative estimate of drug-likeness (QED) is 0.289. The molecule has 1 N–H and O–H groups in total.